The van der Waals surface area contributed by atoms with Gasteiger partial charge in [0.2, 0.25) is 0 Å². The molecule has 7 nitrogen and oxygen atoms in total. The van der Waals surface area contributed by atoms with Crippen LogP contribution in [0.1, 0.15) is 35.5 Å². The smallest absolute Gasteiger partial charge is 0.257 e. The van der Waals surface area contributed by atoms with E-state index in [2.05, 4.69) is 15.5 Å². The molecule has 1 amide bonds. The average molecular weight is 395 g/mol. The van der Waals surface area contributed by atoms with E-state index in [1.54, 1.807) is 31.5 Å². The lowest BCUT2D eigenvalue weighted by molar-refractivity contribution is 0.0953. The van der Waals surface area contributed by atoms with E-state index in [9.17, 15) is 4.79 Å². The summed E-state index contributed by atoms with van der Waals surface area (Å²) in [5.74, 6) is 1.71. The van der Waals surface area contributed by atoms with Gasteiger partial charge in [-0.05, 0) is 57.0 Å². The first-order valence-electron chi connectivity index (χ1n) is 9.67. The standard InChI is InChI=1S/C22H25N3O4/c1-4-27-18-7-6-16(14-19(18)28-5-2)8-13-24-22(26)20-15(3)29-25-21(20)17-9-11-23-12-10-17/h6-7,9-12,14H,4-5,8,13H2,1-3H3,(H,24,26). The fourth-order valence-corrected chi connectivity index (χ4v) is 3.01. The van der Waals surface area contributed by atoms with Crippen LogP contribution >= 0.6 is 0 Å². The van der Waals surface area contributed by atoms with E-state index in [0.29, 0.717) is 48.9 Å². The summed E-state index contributed by atoms with van der Waals surface area (Å²) in [5.41, 5.74) is 2.79. The van der Waals surface area contributed by atoms with E-state index in [1.807, 2.05) is 32.0 Å². The third kappa shape index (κ3) is 4.93. The van der Waals surface area contributed by atoms with Crippen LogP contribution in [0.3, 0.4) is 0 Å². The molecule has 29 heavy (non-hydrogen) atoms. The van der Waals surface area contributed by atoms with Crippen molar-refractivity contribution >= 4 is 5.91 Å². The second-order valence-electron chi connectivity index (χ2n) is 6.35. The maximum atomic E-state index is 12.7. The van der Waals surface area contributed by atoms with Crippen molar-refractivity contribution in [2.24, 2.45) is 0 Å². The van der Waals surface area contributed by atoms with Gasteiger partial charge >= 0.3 is 0 Å². The predicted octanol–water partition coefficient (Wildman–Crippen LogP) is 3.81. The Hall–Kier alpha value is -3.35. The van der Waals surface area contributed by atoms with Gasteiger partial charge in [-0.3, -0.25) is 9.78 Å². The van der Waals surface area contributed by atoms with Crippen molar-refractivity contribution in [2.75, 3.05) is 19.8 Å². The lowest BCUT2D eigenvalue weighted by atomic mass is 10.1. The zero-order valence-corrected chi connectivity index (χ0v) is 16.9. The van der Waals surface area contributed by atoms with E-state index in [-0.39, 0.29) is 5.91 Å². The summed E-state index contributed by atoms with van der Waals surface area (Å²) in [6.07, 6.45) is 3.97. The SMILES string of the molecule is CCOc1ccc(CCNC(=O)c2c(-c3ccncc3)noc2C)cc1OCC. The summed E-state index contributed by atoms with van der Waals surface area (Å²) in [7, 11) is 0. The van der Waals surface area contributed by atoms with Crippen LogP contribution in [-0.2, 0) is 6.42 Å². The Kier molecular flexibility index (Phi) is 6.84. The number of aryl methyl sites for hydroxylation is 1. The summed E-state index contributed by atoms with van der Waals surface area (Å²) >= 11 is 0. The van der Waals surface area contributed by atoms with E-state index in [1.165, 1.54) is 0 Å². The number of nitrogens with zero attached hydrogens (tertiary/aromatic N) is 2. The summed E-state index contributed by atoms with van der Waals surface area (Å²) in [6, 6.07) is 9.42. The fraction of sp³-hybridized carbons (Fsp3) is 0.318. The molecule has 7 heteroatoms. The number of nitrogens with one attached hydrogen (secondary N) is 1. The van der Waals surface area contributed by atoms with Gasteiger partial charge in [0.15, 0.2) is 11.5 Å². The predicted molar refractivity (Wildman–Crippen MR) is 109 cm³/mol. The summed E-state index contributed by atoms with van der Waals surface area (Å²) < 4.78 is 16.5. The molecule has 0 unspecified atom stereocenters. The van der Waals surface area contributed by atoms with Crippen molar-refractivity contribution in [1.29, 1.82) is 0 Å². The third-order valence-corrected chi connectivity index (χ3v) is 4.35. The van der Waals surface area contributed by atoms with Crippen LogP contribution in [0.15, 0.2) is 47.2 Å². The Morgan fingerprint density at radius 3 is 2.52 bits per heavy atom. The van der Waals surface area contributed by atoms with Gasteiger partial charge in [-0.15, -0.1) is 0 Å². The molecule has 0 bridgehead atoms. The Balaban J connectivity index is 1.67. The first-order valence-corrected chi connectivity index (χ1v) is 9.67. The van der Waals surface area contributed by atoms with Gasteiger partial charge in [-0.25, -0.2) is 0 Å². The van der Waals surface area contributed by atoms with Gasteiger partial charge in [-0.1, -0.05) is 11.2 Å². The number of aromatic nitrogens is 2. The molecule has 0 aliphatic heterocycles. The van der Waals surface area contributed by atoms with Crippen LogP contribution in [0.2, 0.25) is 0 Å². The Labute approximate surface area is 170 Å². The minimum Gasteiger partial charge on any atom is -0.490 e. The number of pyridine rings is 1. The van der Waals surface area contributed by atoms with Gasteiger partial charge in [-0.2, -0.15) is 0 Å². The molecule has 0 saturated heterocycles. The van der Waals surface area contributed by atoms with E-state index in [0.717, 1.165) is 16.9 Å². The number of hydrogen-bond acceptors (Lipinski definition) is 6. The lowest BCUT2D eigenvalue weighted by Gasteiger charge is -2.12. The Morgan fingerprint density at radius 2 is 1.79 bits per heavy atom. The van der Waals surface area contributed by atoms with Crippen molar-refractivity contribution < 1.29 is 18.8 Å². The van der Waals surface area contributed by atoms with E-state index in [4.69, 9.17) is 14.0 Å². The molecule has 152 valence electrons. The average Bonchev–Trinajstić information content (AvgIpc) is 3.12. The molecule has 0 atom stereocenters. The first kappa shape index (κ1) is 20.4. The highest BCUT2D eigenvalue weighted by Gasteiger charge is 2.21. The summed E-state index contributed by atoms with van der Waals surface area (Å²) in [6.45, 7) is 7.21. The molecule has 0 fully saturated rings. The van der Waals surface area contributed by atoms with Crippen molar-refractivity contribution in [3.05, 3.63) is 59.6 Å². The molecule has 2 heterocycles. The number of amides is 1. The molecule has 0 aliphatic rings. The maximum Gasteiger partial charge on any atom is 0.257 e. The van der Waals surface area contributed by atoms with Crippen LogP contribution in [0, 0.1) is 6.92 Å². The normalized spacial score (nSPS) is 10.6. The van der Waals surface area contributed by atoms with Crippen LogP contribution in [0.25, 0.3) is 11.3 Å². The van der Waals surface area contributed by atoms with E-state index >= 15 is 0 Å². The second-order valence-corrected chi connectivity index (χ2v) is 6.35. The number of hydrogen-bond donors (Lipinski definition) is 1. The molecular weight excluding hydrogens is 370 g/mol. The third-order valence-electron chi connectivity index (χ3n) is 4.35. The highest BCUT2D eigenvalue weighted by Crippen LogP contribution is 2.29. The maximum absolute atomic E-state index is 12.7. The minimum atomic E-state index is -0.216. The molecular formula is C22H25N3O4. The molecule has 3 aromatic rings. The molecule has 0 spiro atoms. The van der Waals surface area contributed by atoms with Gasteiger partial charge in [0, 0.05) is 24.5 Å². The molecule has 2 aromatic heterocycles. The highest BCUT2D eigenvalue weighted by atomic mass is 16.5. The van der Waals surface area contributed by atoms with Crippen molar-refractivity contribution in [2.45, 2.75) is 27.2 Å². The monoisotopic (exact) mass is 395 g/mol. The van der Waals surface area contributed by atoms with Gasteiger partial charge in [0.05, 0.1) is 13.2 Å². The van der Waals surface area contributed by atoms with Crippen LogP contribution < -0.4 is 14.8 Å². The molecule has 1 N–H and O–H groups in total. The minimum absolute atomic E-state index is 0.216. The topological polar surface area (TPSA) is 86.5 Å². The van der Waals surface area contributed by atoms with Crippen LogP contribution in [0.4, 0.5) is 0 Å². The number of carbonyl (C=O) groups is 1. The Bertz CT molecular complexity index is 954. The number of carbonyl (C=O) groups excluding carboxylic acids is 1. The van der Waals surface area contributed by atoms with Crippen molar-refractivity contribution in [3.8, 4) is 22.8 Å². The van der Waals surface area contributed by atoms with E-state index < -0.39 is 0 Å². The molecule has 1 aromatic carbocycles. The Morgan fingerprint density at radius 1 is 1.07 bits per heavy atom. The van der Waals surface area contributed by atoms with Crippen molar-refractivity contribution in [3.63, 3.8) is 0 Å². The number of rotatable bonds is 9. The zero-order valence-electron chi connectivity index (χ0n) is 16.9. The van der Waals surface area contributed by atoms with Crippen LogP contribution in [0.5, 0.6) is 11.5 Å². The molecule has 3 rings (SSSR count). The highest BCUT2D eigenvalue weighted by molar-refractivity contribution is 6.00. The molecule has 0 aliphatic carbocycles. The largest absolute Gasteiger partial charge is 0.490 e. The zero-order chi connectivity index (χ0) is 20.6. The summed E-state index contributed by atoms with van der Waals surface area (Å²) in [5, 5.41) is 6.99. The molecule has 0 saturated carbocycles. The lowest BCUT2D eigenvalue weighted by Crippen LogP contribution is -2.26. The number of ether oxygens (including phenoxy) is 2. The quantitative estimate of drug-likeness (QED) is 0.593. The van der Waals surface area contributed by atoms with Crippen molar-refractivity contribution in [1.82, 2.24) is 15.5 Å². The fourth-order valence-electron chi connectivity index (χ4n) is 3.01. The first-order chi connectivity index (χ1) is 14.1. The number of benzene rings is 1. The summed E-state index contributed by atoms with van der Waals surface area (Å²) in [4.78, 5) is 16.7. The van der Waals surface area contributed by atoms with Gasteiger partial charge < -0.3 is 19.3 Å². The second kappa shape index (κ2) is 9.73. The van der Waals surface area contributed by atoms with Gasteiger partial charge in [0.25, 0.3) is 5.91 Å². The molecule has 0 radical (unpaired) electrons. The van der Waals surface area contributed by atoms with Gasteiger partial charge in [0.1, 0.15) is 17.0 Å². The van der Waals surface area contributed by atoms with Crippen LogP contribution in [-0.4, -0.2) is 35.8 Å².